The van der Waals surface area contributed by atoms with Gasteiger partial charge in [-0.25, -0.2) is 9.78 Å². The number of anilines is 1. The molecule has 0 radical (unpaired) electrons. The van der Waals surface area contributed by atoms with Gasteiger partial charge in [-0.05, 0) is 13.0 Å². The molecule has 0 bridgehead atoms. The van der Waals surface area contributed by atoms with Crippen LogP contribution in [-0.2, 0) is 12.7 Å². The number of aromatic nitrogens is 2. The number of pyridine rings is 1. The average molecular weight is 404 g/mol. The number of nitrogens with one attached hydrogen (secondary N) is 1. The van der Waals surface area contributed by atoms with Crippen LogP contribution in [0.25, 0.3) is 0 Å². The molecule has 0 atom stereocenters. The van der Waals surface area contributed by atoms with Gasteiger partial charge in [0.2, 0.25) is 0 Å². The lowest BCUT2D eigenvalue weighted by Crippen LogP contribution is -2.52. The second kappa shape index (κ2) is 7.63. The summed E-state index contributed by atoms with van der Waals surface area (Å²) in [6.45, 7) is 3.62. The molecule has 1 aliphatic heterocycles. The highest BCUT2D eigenvalue weighted by molar-refractivity contribution is 6.33. The van der Waals surface area contributed by atoms with E-state index in [0.717, 1.165) is 12.3 Å². The fourth-order valence-corrected chi connectivity index (χ4v) is 3.00. The predicted octanol–water partition coefficient (Wildman–Crippen LogP) is 3.08. The number of rotatable bonds is 3. The molecule has 1 N–H and O–H groups in total. The molecule has 1 fully saturated rings. The molecule has 0 aliphatic carbocycles. The van der Waals surface area contributed by atoms with Crippen LogP contribution >= 0.6 is 11.6 Å². The van der Waals surface area contributed by atoms with Crippen molar-refractivity contribution in [1.29, 1.82) is 0 Å². The Balaban J connectivity index is 1.54. The van der Waals surface area contributed by atoms with Crippen molar-refractivity contribution in [3.05, 3.63) is 40.4 Å². The minimum absolute atomic E-state index is 0.0656. The van der Waals surface area contributed by atoms with Crippen LogP contribution in [0.4, 0.5) is 23.8 Å². The van der Waals surface area contributed by atoms with Gasteiger partial charge in [0.25, 0.3) is 0 Å². The van der Waals surface area contributed by atoms with Crippen LogP contribution in [0.5, 0.6) is 0 Å². The van der Waals surface area contributed by atoms with Crippen LogP contribution in [0, 0.1) is 6.92 Å². The molecule has 3 heterocycles. The van der Waals surface area contributed by atoms with Crippen molar-refractivity contribution in [2.24, 2.45) is 0 Å². The fraction of sp³-hybridized carbons (Fsp3) is 0.438. The Bertz CT molecular complexity index is 819. The number of nitrogens with zero attached hydrogens (tertiary/aromatic N) is 4. The molecule has 2 amide bonds. The van der Waals surface area contributed by atoms with Crippen LogP contribution in [-0.4, -0.2) is 47.3 Å². The van der Waals surface area contributed by atoms with Crippen molar-refractivity contribution in [3.8, 4) is 0 Å². The van der Waals surface area contributed by atoms with Gasteiger partial charge in [0, 0.05) is 38.4 Å². The molecule has 2 aromatic heterocycles. The first-order valence-corrected chi connectivity index (χ1v) is 8.54. The van der Waals surface area contributed by atoms with E-state index in [0.29, 0.717) is 37.6 Å². The zero-order chi connectivity index (χ0) is 19.6. The number of piperazine rings is 1. The minimum Gasteiger partial charge on any atom is -0.361 e. The number of alkyl halides is 3. The summed E-state index contributed by atoms with van der Waals surface area (Å²) in [4.78, 5) is 19.4. The van der Waals surface area contributed by atoms with Crippen LogP contribution in [0.1, 0.15) is 17.0 Å². The van der Waals surface area contributed by atoms with Crippen molar-refractivity contribution >= 4 is 23.4 Å². The van der Waals surface area contributed by atoms with Crippen molar-refractivity contribution in [1.82, 2.24) is 20.4 Å². The Labute approximate surface area is 158 Å². The highest BCUT2D eigenvalue weighted by Gasteiger charge is 2.32. The second-order valence-electron chi connectivity index (χ2n) is 6.09. The lowest BCUT2D eigenvalue weighted by Gasteiger charge is -2.35. The highest BCUT2D eigenvalue weighted by Crippen LogP contribution is 2.33. The van der Waals surface area contributed by atoms with E-state index in [4.69, 9.17) is 16.1 Å². The van der Waals surface area contributed by atoms with Gasteiger partial charge in [-0.3, -0.25) is 0 Å². The van der Waals surface area contributed by atoms with E-state index in [2.05, 4.69) is 15.5 Å². The van der Waals surface area contributed by atoms with Crippen LogP contribution in [0.2, 0.25) is 5.02 Å². The summed E-state index contributed by atoms with van der Waals surface area (Å²) in [5.41, 5.74) is -0.266. The molecule has 2 aromatic rings. The number of halogens is 4. The topological polar surface area (TPSA) is 74.5 Å². The molecular weight excluding hydrogens is 387 g/mol. The van der Waals surface area contributed by atoms with Crippen molar-refractivity contribution in [3.63, 3.8) is 0 Å². The number of urea groups is 1. The summed E-state index contributed by atoms with van der Waals surface area (Å²) < 4.78 is 43.0. The van der Waals surface area contributed by atoms with E-state index in [1.54, 1.807) is 22.8 Å². The van der Waals surface area contributed by atoms with E-state index >= 15 is 0 Å². The quantitative estimate of drug-likeness (QED) is 0.852. The van der Waals surface area contributed by atoms with Gasteiger partial charge in [-0.15, -0.1) is 0 Å². The lowest BCUT2D eigenvalue weighted by molar-refractivity contribution is -0.137. The molecule has 146 valence electrons. The third-order valence-electron chi connectivity index (χ3n) is 4.11. The third-order valence-corrected chi connectivity index (χ3v) is 4.39. The molecule has 1 aliphatic rings. The summed E-state index contributed by atoms with van der Waals surface area (Å²) in [7, 11) is 0. The number of hydrogen-bond acceptors (Lipinski definition) is 5. The molecule has 3 rings (SSSR count). The smallest absolute Gasteiger partial charge is 0.361 e. The van der Waals surface area contributed by atoms with Gasteiger partial charge in [0.15, 0.2) is 0 Å². The normalized spacial score (nSPS) is 15.1. The Hall–Kier alpha value is -2.49. The Morgan fingerprint density at radius 3 is 2.56 bits per heavy atom. The first kappa shape index (κ1) is 19.3. The zero-order valence-corrected chi connectivity index (χ0v) is 15.1. The van der Waals surface area contributed by atoms with Gasteiger partial charge < -0.3 is 19.6 Å². The summed E-state index contributed by atoms with van der Waals surface area (Å²) >= 11 is 5.97. The number of amides is 2. The Kier molecular flexibility index (Phi) is 5.45. The maximum atomic E-state index is 12.7. The number of carbonyl (C=O) groups is 1. The second-order valence-corrected chi connectivity index (χ2v) is 6.50. The van der Waals surface area contributed by atoms with E-state index in [1.807, 2.05) is 0 Å². The lowest BCUT2D eigenvalue weighted by atomic mass is 10.2. The van der Waals surface area contributed by atoms with E-state index in [9.17, 15) is 18.0 Å². The highest BCUT2D eigenvalue weighted by atomic mass is 35.5. The maximum Gasteiger partial charge on any atom is 0.417 e. The molecule has 1 saturated heterocycles. The van der Waals surface area contributed by atoms with Crippen molar-refractivity contribution in [2.45, 2.75) is 19.6 Å². The van der Waals surface area contributed by atoms with E-state index in [-0.39, 0.29) is 23.4 Å². The number of carbonyl (C=O) groups excluding carboxylic acids is 1. The van der Waals surface area contributed by atoms with Crippen LogP contribution < -0.4 is 10.2 Å². The number of hydrogen-bond donors (Lipinski definition) is 1. The SMILES string of the molecule is Cc1cc(CNC(=O)N2CCN(c3ncc(C(F)(F)F)cc3Cl)CC2)no1. The van der Waals surface area contributed by atoms with Gasteiger partial charge >= 0.3 is 12.2 Å². The summed E-state index contributed by atoms with van der Waals surface area (Å²) in [6, 6.07) is 2.35. The first-order valence-electron chi connectivity index (χ1n) is 8.16. The van der Waals surface area contributed by atoms with E-state index < -0.39 is 11.7 Å². The number of aryl methyl sites for hydroxylation is 1. The standard InChI is InChI=1S/C16H17ClF3N5O2/c1-10-6-12(23-27-10)9-22-15(26)25-4-2-24(3-5-25)14-13(17)7-11(8-21-14)16(18,19)20/h6-8H,2-5,9H2,1H3,(H,22,26). The molecule has 0 spiro atoms. The Morgan fingerprint density at radius 1 is 1.30 bits per heavy atom. The molecule has 7 nitrogen and oxygen atoms in total. The van der Waals surface area contributed by atoms with Gasteiger partial charge in [0.05, 0.1) is 17.1 Å². The van der Waals surface area contributed by atoms with Gasteiger partial charge in [0.1, 0.15) is 17.3 Å². The predicted molar refractivity (Wildman–Crippen MR) is 91.5 cm³/mol. The summed E-state index contributed by atoms with van der Waals surface area (Å²) in [5.74, 6) is 0.941. The largest absolute Gasteiger partial charge is 0.417 e. The minimum atomic E-state index is -4.49. The zero-order valence-electron chi connectivity index (χ0n) is 14.4. The average Bonchev–Trinajstić information content (AvgIpc) is 3.04. The Morgan fingerprint density at radius 2 is 2.00 bits per heavy atom. The van der Waals surface area contributed by atoms with E-state index in [1.165, 1.54) is 0 Å². The van der Waals surface area contributed by atoms with Gasteiger partial charge in [-0.2, -0.15) is 13.2 Å². The third kappa shape index (κ3) is 4.62. The molecule has 27 heavy (non-hydrogen) atoms. The fourth-order valence-electron chi connectivity index (χ4n) is 2.72. The summed E-state index contributed by atoms with van der Waals surface area (Å²) in [5, 5.41) is 6.48. The molecular formula is C16H17ClF3N5O2. The summed E-state index contributed by atoms with van der Waals surface area (Å²) in [6.07, 6.45) is -3.73. The van der Waals surface area contributed by atoms with Gasteiger partial charge in [-0.1, -0.05) is 16.8 Å². The molecule has 0 aromatic carbocycles. The van der Waals surface area contributed by atoms with Crippen LogP contribution in [0.15, 0.2) is 22.9 Å². The monoisotopic (exact) mass is 403 g/mol. The molecule has 0 saturated carbocycles. The molecule has 0 unspecified atom stereocenters. The van der Waals surface area contributed by atoms with Crippen molar-refractivity contribution < 1.29 is 22.5 Å². The van der Waals surface area contributed by atoms with Crippen molar-refractivity contribution in [2.75, 3.05) is 31.1 Å². The molecule has 11 heteroatoms. The first-order chi connectivity index (χ1) is 12.7. The van der Waals surface area contributed by atoms with Crippen LogP contribution in [0.3, 0.4) is 0 Å². The maximum absolute atomic E-state index is 12.7.